The Morgan fingerprint density at radius 1 is 1.32 bits per heavy atom. The molecule has 1 N–H and O–H groups in total. The summed E-state index contributed by atoms with van der Waals surface area (Å²) in [6.45, 7) is 1.81. The van der Waals surface area contributed by atoms with Gasteiger partial charge in [-0.1, -0.05) is 23.7 Å². The summed E-state index contributed by atoms with van der Waals surface area (Å²) in [5, 5.41) is 12.6. The van der Waals surface area contributed by atoms with Crippen LogP contribution < -0.4 is 10.2 Å². The second kappa shape index (κ2) is 8.19. The lowest BCUT2D eigenvalue weighted by atomic mass is 10.1. The Hall–Kier alpha value is -2.29. The first kappa shape index (κ1) is 19.0. The maximum absolute atomic E-state index is 12.4. The van der Waals surface area contributed by atoms with Gasteiger partial charge in [0.15, 0.2) is 0 Å². The van der Waals surface area contributed by atoms with E-state index in [0.29, 0.717) is 10.7 Å². The number of benzene rings is 2. The van der Waals surface area contributed by atoms with Gasteiger partial charge in [0.1, 0.15) is 11.6 Å². The molecule has 2 aromatic carbocycles. The summed E-state index contributed by atoms with van der Waals surface area (Å²) in [4.78, 5) is 14.4. The van der Waals surface area contributed by atoms with Crippen LogP contribution in [-0.2, 0) is 4.79 Å². The standard InChI is InChI=1S/C19H17BrClN3O/c1-12-16(21)5-4-6-17(12)23-19(25)14(11-22)9-13-7-8-18(24(2)3)15(20)10-13/h4-10H,1-3H3,(H,23,25)/b14-9+. The Morgan fingerprint density at radius 3 is 2.64 bits per heavy atom. The minimum Gasteiger partial charge on any atom is -0.377 e. The fourth-order valence-corrected chi connectivity index (χ4v) is 3.15. The number of nitrogens with one attached hydrogen (secondary N) is 1. The van der Waals surface area contributed by atoms with Gasteiger partial charge >= 0.3 is 0 Å². The van der Waals surface area contributed by atoms with Gasteiger partial charge in [-0.3, -0.25) is 4.79 Å². The summed E-state index contributed by atoms with van der Waals surface area (Å²) in [5.41, 5.74) is 3.13. The third-order valence-electron chi connectivity index (χ3n) is 3.65. The van der Waals surface area contributed by atoms with Gasteiger partial charge in [-0.2, -0.15) is 5.26 Å². The van der Waals surface area contributed by atoms with E-state index in [1.54, 1.807) is 24.3 Å². The zero-order chi connectivity index (χ0) is 18.6. The van der Waals surface area contributed by atoms with Gasteiger partial charge in [0.05, 0.1) is 5.69 Å². The Labute approximate surface area is 160 Å². The Bertz CT molecular complexity index is 885. The molecule has 6 heteroatoms. The van der Waals surface area contributed by atoms with Crippen molar-refractivity contribution in [3.8, 4) is 6.07 Å². The second-order valence-electron chi connectivity index (χ2n) is 5.64. The van der Waals surface area contributed by atoms with Crippen LogP contribution in [0.1, 0.15) is 11.1 Å². The van der Waals surface area contributed by atoms with E-state index in [0.717, 1.165) is 21.3 Å². The van der Waals surface area contributed by atoms with E-state index < -0.39 is 5.91 Å². The molecular weight excluding hydrogens is 402 g/mol. The van der Waals surface area contributed by atoms with Crippen molar-refractivity contribution in [3.63, 3.8) is 0 Å². The molecule has 0 aliphatic rings. The number of anilines is 2. The van der Waals surface area contributed by atoms with Crippen LogP contribution in [-0.4, -0.2) is 20.0 Å². The Balaban J connectivity index is 2.28. The number of amides is 1. The third kappa shape index (κ3) is 4.62. The van der Waals surface area contributed by atoms with Gasteiger partial charge in [0.25, 0.3) is 5.91 Å². The molecule has 0 fully saturated rings. The summed E-state index contributed by atoms with van der Waals surface area (Å²) in [5.74, 6) is -0.472. The van der Waals surface area contributed by atoms with E-state index >= 15 is 0 Å². The average Bonchev–Trinajstić information content (AvgIpc) is 2.56. The second-order valence-corrected chi connectivity index (χ2v) is 6.90. The van der Waals surface area contributed by atoms with Crippen LogP contribution >= 0.6 is 27.5 Å². The van der Waals surface area contributed by atoms with Crippen molar-refractivity contribution in [2.24, 2.45) is 0 Å². The van der Waals surface area contributed by atoms with Crippen LogP contribution in [0, 0.1) is 18.3 Å². The van der Waals surface area contributed by atoms with E-state index in [2.05, 4.69) is 21.2 Å². The molecule has 0 saturated heterocycles. The quantitative estimate of drug-likeness (QED) is 0.560. The van der Waals surface area contributed by atoms with Gasteiger partial charge in [-0.15, -0.1) is 0 Å². The number of hydrogen-bond acceptors (Lipinski definition) is 3. The van der Waals surface area contributed by atoms with Crippen molar-refractivity contribution in [2.45, 2.75) is 6.92 Å². The monoisotopic (exact) mass is 417 g/mol. The number of carbonyl (C=O) groups excluding carboxylic acids is 1. The van der Waals surface area contributed by atoms with Crippen LogP contribution in [0.3, 0.4) is 0 Å². The maximum atomic E-state index is 12.4. The molecule has 0 unspecified atom stereocenters. The predicted molar refractivity (Wildman–Crippen MR) is 107 cm³/mol. The average molecular weight is 419 g/mol. The molecule has 1 amide bonds. The van der Waals surface area contributed by atoms with Gasteiger partial charge in [-0.05, 0) is 64.3 Å². The largest absolute Gasteiger partial charge is 0.377 e. The molecule has 0 bridgehead atoms. The van der Waals surface area contributed by atoms with Crippen LogP contribution in [0.2, 0.25) is 5.02 Å². The number of nitrogens with zero attached hydrogens (tertiary/aromatic N) is 2. The zero-order valence-corrected chi connectivity index (χ0v) is 16.4. The molecule has 2 rings (SSSR count). The Kier molecular flexibility index (Phi) is 6.24. The molecular formula is C19H17BrClN3O. The zero-order valence-electron chi connectivity index (χ0n) is 14.1. The first-order valence-corrected chi connectivity index (χ1v) is 8.65. The first-order chi connectivity index (χ1) is 11.8. The SMILES string of the molecule is Cc1c(Cl)cccc1NC(=O)/C(C#N)=C/c1ccc(N(C)C)c(Br)c1. The minimum absolute atomic E-state index is 0.0175. The first-order valence-electron chi connectivity index (χ1n) is 7.48. The van der Waals surface area contributed by atoms with E-state index in [-0.39, 0.29) is 5.57 Å². The van der Waals surface area contributed by atoms with E-state index in [4.69, 9.17) is 11.6 Å². The topological polar surface area (TPSA) is 56.1 Å². The highest BCUT2D eigenvalue weighted by Crippen LogP contribution is 2.27. The van der Waals surface area contributed by atoms with Crippen molar-refractivity contribution in [1.82, 2.24) is 0 Å². The fourth-order valence-electron chi connectivity index (χ4n) is 2.22. The van der Waals surface area contributed by atoms with Crippen molar-refractivity contribution >= 4 is 50.9 Å². The molecule has 4 nitrogen and oxygen atoms in total. The molecule has 2 aromatic rings. The molecule has 0 aliphatic heterocycles. The molecule has 128 valence electrons. The van der Waals surface area contributed by atoms with Gasteiger partial charge in [-0.25, -0.2) is 0 Å². The van der Waals surface area contributed by atoms with Crippen LogP contribution in [0.25, 0.3) is 6.08 Å². The summed E-state index contributed by atoms with van der Waals surface area (Å²) in [6.07, 6.45) is 1.55. The van der Waals surface area contributed by atoms with Crippen molar-refractivity contribution in [3.05, 3.63) is 62.6 Å². The predicted octanol–water partition coefficient (Wildman–Crippen LogP) is 5.02. The molecule has 0 atom stereocenters. The van der Waals surface area contributed by atoms with Crippen LogP contribution in [0.15, 0.2) is 46.4 Å². The van der Waals surface area contributed by atoms with Crippen molar-refractivity contribution in [2.75, 3.05) is 24.3 Å². The number of nitriles is 1. The number of hydrogen-bond donors (Lipinski definition) is 1. The summed E-state index contributed by atoms with van der Waals surface area (Å²) >= 11 is 9.56. The van der Waals surface area contributed by atoms with E-state index in [1.807, 2.05) is 50.2 Å². The number of rotatable bonds is 4. The molecule has 0 aromatic heterocycles. The fraction of sp³-hybridized carbons (Fsp3) is 0.158. The highest BCUT2D eigenvalue weighted by molar-refractivity contribution is 9.10. The third-order valence-corrected chi connectivity index (χ3v) is 4.69. The smallest absolute Gasteiger partial charge is 0.266 e. The lowest BCUT2D eigenvalue weighted by Gasteiger charge is -2.14. The van der Waals surface area contributed by atoms with Crippen molar-refractivity contribution in [1.29, 1.82) is 5.26 Å². The summed E-state index contributed by atoms with van der Waals surface area (Å²) in [6, 6.07) is 12.8. The summed E-state index contributed by atoms with van der Waals surface area (Å²) < 4.78 is 0.884. The van der Waals surface area contributed by atoms with Gasteiger partial charge in [0, 0.05) is 29.3 Å². The highest BCUT2D eigenvalue weighted by atomic mass is 79.9. The molecule has 0 radical (unpaired) electrons. The summed E-state index contributed by atoms with van der Waals surface area (Å²) in [7, 11) is 3.88. The molecule has 0 heterocycles. The lowest BCUT2D eigenvalue weighted by molar-refractivity contribution is -0.112. The molecule has 0 saturated carbocycles. The normalized spacial score (nSPS) is 11.0. The van der Waals surface area contributed by atoms with Gasteiger partial charge < -0.3 is 10.2 Å². The lowest BCUT2D eigenvalue weighted by Crippen LogP contribution is -2.14. The van der Waals surface area contributed by atoms with Crippen LogP contribution in [0.5, 0.6) is 0 Å². The Morgan fingerprint density at radius 2 is 2.04 bits per heavy atom. The molecule has 0 spiro atoms. The molecule has 25 heavy (non-hydrogen) atoms. The van der Waals surface area contributed by atoms with Crippen molar-refractivity contribution < 1.29 is 4.79 Å². The van der Waals surface area contributed by atoms with Gasteiger partial charge in [0.2, 0.25) is 0 Å². The van der Waals surface area contributed by atoms with Crippen LogP contribution in [0.4, 0.5) is 11.4 Å². The highest BCUT2D eigenvalue weighted by Gasteiger charge is 2.12. The van der Waals surface area contributed by atoms with E-state index in [9.17, 15) is 10.1 Å². The maximum Gasteiger partial charge on any atom is 0.266 e. The number of carbonyl (C=O) groups is 1. The number of halogens is 2. The van der Waals surface area contributed by atoms with E-state index in [1.165, 1.54) is 0 Å². The molecule has 0 aliphatic carbocycles. The minimum atomic E-state index is -0.472.